The Kier molecular flexibility index (Phi) is 4.28. The van der Waals surface area contributed by atoms with Crippen molar-refractivity contribution < 1.29 is 14.3 Å². The van der Waals surface area contributed by atoms with Gasteiger partial charge in [0.15, 0.2) is 0 Å². The van der Waals surface area contributed by atoms with Gasteiger partial charge >= 0.3 is 5.97 Å². The Morgan fingerprint density at radius 1 is 1.38 bits per heavy atom. The minimum absolute atomic E-state index is 0.306. The van der Waals surface area contributed by atoms with E-state index in [-0.39, 0.29) is 5.91 Å². The lowest BCUT2D eigenvalue weighted by Gasteiger charge is -2.08. The zero-order valence-corrected chi connectivity index (χ0v) is 12.6. The second-order valence-electron chi connectivity index (χ2n) is 4.41. The van der Waals surface area contributed by atoms with E-state index in [2.05, 4.69) is 15.2 Å². The van der Waals surface area contributed by atoms with Gasteiger partial charge in [-0.2, -0.15) is 5.10 Å². The first-order chi connectivity index (χ1) is 9.93. The van der Waals surface area contributed by atoms with E-state index in [4.69, 9.17) is 11.6 Å². The summed E-state index contributed by atoms with van der Waals surface area (Å²) in [4.78, 5) is 23.7. The van der Waals surface area contributed by atoms with Crippen LogP contribution in [0.15, 0.2) is 24.4 Å². The van der Waals surface area contributed by atoms with Gasteiger partial charge in [0.2, 0.25) is 0 Å². The second-order valence-corrected chi connectivity index (χ2v) is 4.81. The third-order valence-corrected chi connectivity index (χ3v) is 3.45. The lowest BCUT2D eigenvalue weighted by molar-refractivity contribution is 0.0600. The fourth-order valence-corrected chi connectivity index (χ4v) is 1.94. The molecule has 0 aliphatic heterocycles. The van der Waals surface area contributed by atoms with Gasteiger partial charge in [-0.15, -0.1) is 0 Å². The highest BCUT2D eigenvalue weighted by molar-refractivity contribution is 6.34. The number of halogens is 1. The fourth-order valence-electron chi connectivity index (χ4n) is 1.78. The maximum atomic E-state index is 12.2. The highest BCUT2D eigenvalue weighted by atomic mass is 35.5. The largest absolute Gasteiger partial charge is 0.465 e. The number of aromatic nitrogens is 2. The van der Waals surface area contributed by atoms with Gasteiger partial charge in [-0.3, -0.25) is 9.48 Å². The van der Waals surface area contributed by atoms with Crippen LogP contribution < -0.4 is 5.32 Å². The number of amides is 1. The summed E-state index contributed by atoms with van der Waals surface area (Å²) < 4.78 is 6.23. The van der Waals surface area contributed by atoms with Crippen LogP contribution in [0.5, 0.6) is 0 Å². The van der Waals surface area contributed by atoms with Crippen LogP contribution in [0.25, 0.3) is 0 Å². The third kappa shape index (κ3) is 3.05. The van der Waals surface area contributed by atoms with Gasteiger partial charge in [-0.25, -0.2) is 4.79 Å². The Hall–Kier alpha value is -2.34. The van der Waals surface area contributed by atoms with E-state index in [1.807, 2.05) is 0 Å². The van der Waals surface area contributed by atoms with Crippen molar-refractivity contribution in [1.29, 1.82) is 0 Å². The number of hydrogen-bond donors (Lipinski definition) is 1. The Morgan fingerprint density at radius 2 is 2.10 bits per heavy atom. The fraction of sp³-hybridized carbons (Fsp3) is 0.214. The molecule has 1 aromatic heterocycles. The Morgan fingerprint density at radius 3 is 2.67 bits per heavy atom. The molecule has 0 saturated heterocycles. The van der Waals surface area contributed by atoms with Crippen LogP contribution >= 0.6 is 11.6 Å². The molecule has 1 aromatic carbocycles. The minimum Gasteiger partial charge on any atom is -0.465 e. The summed E-state index contributed by atoms with van der Waals surface area (Å²) in [5.74, 6) is -0.843. The topological polar surface area (TPSA) is 73.2 Å². The second kappa shape index (κ2) is 5.97. The van der Waals surface area contributed by atoms with Crippen molar-refractivity contribution in [1.82, 2.24) is 9.78 Å². The molecule has 1 N–H and O–H groups in total. The average Bonchev–Trinajstić information content (AvgIpc) is 2.80. The van der Waals surface area contributed by atoms with Crippen LogP contribution in [0.3, 0.4) is 0 Å². The van der Waals surface area contributed by atoms with Crippen LogP contribution in [0, 0.1) is 6.92 Å². The zero-order valence-electron chi connectivity index (χ0n) is 11.8. The zero-order chi connectivity index (χ0) is 15.6. The van der Waals surface area contributed by atoms with Crippen LogP contribution in [-0.2, 0) is 11.8 Å². The van der Waals surface area contributed by atoms with Gasteiger partial charge in [-0.1, -0.05) is 11.6 Å². The van der Waals surface area contributed by atoms with Crippen LogP contribution in [0.2, 0.25) is 5.02 Å². The molecule has 0 aliphatic rings. The molecule has 2 rings (SSSR count). The number of methoxy groups -OCH3 is 1. The SMILES string of the molecule is COC(=O)c1ccc(Cl)c(NC(=O)c2cnn(C)c2C)c1. The van der Waals surface area contributed by atoms with Gasteiger partial charge in [-0.05, 0) is 25.1 Å². The van der Waals surface area contributed by atoms with E-state index in [0.717, 1.165) is 5.69 Å². The van der Waals surface area contributed by atoms with E-state index in [1.54, 1.807) is 18.7 Å². The van der Waals surface area contributed by atoms with E-state index in [0.29, 0.717) is 21.8 Å². The minimum atomic E-state index is -0.500. The summed E-state index contributed by atoms with van der Waals surface area (Å²) in [6, 6.07) is 4.52. The number of esters is 1. The normalized spacial score (nSPS) is 10.3. The molecular formula is C14H14ClN3O3. The van der Waals surface area contributed by atoms with Crippen molar-refractivity contribution in [2.45, 2.75) is 6.92 Å². The lowest BCUT2D eigenvalue weighted by Crippen LogP contribution is -2.14. The maximum Gasteiger partial charge on any atom is 0.337 e. The number of rotatable bonds is 3. The van der Waals surface area contributed by atoms with Gasteiger partial charge in [0.1, 0.15) is 0 Å². The molecular weight excluding hydrogens is 294 g/mol. The van der Waals surface area contributed by atoms with E-state index in [1.165, 1.54) is 31.5 Å². The molecule has 6 nitrogen and oxygen atoms in total. The lowest BCUT2D eigenvalue weighted by atomic mass is 10.2. The van der Waals surface area contributed by atoms with Gasteiger partial charge in [0.05, 0.1) is 35.1 Å². The highest BCUT2D eigenvalue weighted by Gasteiger charge is 2.15. The van der Waals surface area contributed by atoms with Crippen LogP contribution in [0.4, 0.5) is 5.69 Å². The van der Waals surface area contributed by atoms with E-state index < -0.39 is 5.97 Å². The molecule has 1 heterocycles. The number of nitrogens with zero attached hydrogens (tertiary/aromatic N) is 2. The number of ether oxygens (including phenoxy) is 1. The predicted molar refractivity (Wildman–Crippen MR) is 78.7 cm³/mol. The number of hydrogen-bond acceptors (Lipinski definition) is 4. The van der Waals surface area contributed by atoms with Crippen LogP contribution in [-0.4, -0.2) is 28.8 Å². The molecule has 21 heavy (non-hydrogen) atoms. The molecule has 1 amide bonds. The quantitative estimate of drug-likeness (QED) is 0.884. The molecule has 7 heteroatoms. The number of carbonyl (C=O) groups excluding carboxylic acids is 2. The van der Waals surface area contributed by atoms with Gasteiger partial charge < -0.3 is 10.1 Å². The maximum absolute atomic E-state index is 12.2. The molecule has 110 valence electrons. The van der Waals surface area contributed by atoms with Crippen molar-refractivity contribution in [2.75, 3.05) is 12.4 Å². The predicted octanol–water partition coefficient (Wildman–Crippen LogP) is 2.42. The molecule has 0 radical (unpaired) electrons. The first kappa shape index (κ1) is 15.1. The number of benzene rings is 1. The summed E-state index contributed by atoms with van der Waals surface area (Å²) in [5, 5.41) is 7.01. The molecule has 0 aliphatic carbocycles. The molecule has 0 bridgehead atoms. The van der Waals surface area contributed by atoms with Gasteiger partial charge in [0.25, 0.3) is 5.91 Å². The summed E-state index contributed by atoms with van der Waals surface area (Å²) in [6.07, 6.45) is 1.47. The van der Waals surface area contributed by atoms with Crippen molar-refractivity contribution in [3.8, 4) is 0 Å². The highest BCUT2D eigenvalue weighted by Crippen LogP contribution is 2.24. The average molecular weight is 308 g/mol. The van der Waals surface area contributed by atoms with E-state index in [9.17, 15) is 9.59 Å². The molecule has 0 spiro atoms. The van der Waals surface area contributed by atoms with Crippen LogP contribution in [0.1, 0.15) is 26.4 Å². The first-order valence-electron chi connectivity index (χ1n) is 6.12. The van der Waals surface area contributed by atoms with Crippen molar-refractivity contribution in [2.24, 2.45) is 7.05 Å². The number of anilines is 1. The first-order valence-corrected chi connectivity index (χ1v) is 6.49. The number of nitrogens with one attached hydrogen (secondary N) is 1. The van der Waals surface area contributed by atoms with Crippen molar-refractivity contribution >= 4 is 29.2 Å². The molecule has 0 fully saturated rings. The van der Waals surface area contributed by atoms with E-state index >= 15 is 0 Å². The summed E-state index contributed by atoms with van der Waals surface area (Å²) >= 11 is 6.03. The van der Waals surface area contributed by atoms with Crippen molar-refractivity contribution in [3.63, 3.8) is 0 Å². The third-order valence-electron chi connectivity index (χ3n) is 3.12. The number of carbonyl (C=O) groups is 2. The summed E-state index contributed by atoms with van der Waals surface area (Å²) in [6.45, 7) is 1.79. The summed E-state index contributed by atoms with van der Waals surface area (Å²) in [7, 11) is 3.03. The molecule has 0 unspecified atom stereocenters. The monoisotopic (exact) mass is 307 g/mol. The Bertz CT molecular complexity index is 709. The van der Waals surface area contributed by atoms with Gasteiger partial charge in [0, 0.05) is 12.7 Å². The Balaban J connectivity index is 2.28. The Labute approximate surface area is 126 Å². The summed E-state index contributed by atoms with van der Waals surface area (Å²) in [5.41, 5.74) is 1.82. The smallest absolute Gasteiger partial charge is 0.337 e. The number of aryl methyl sites for hydroxylation is 1. The van der Waals surface area contributed by atoms with Crippen molar-refractivity contribution in [3.05, 3.63) is 46.2 Å². The molecule has 2 aromatic rings. The molecule has 0 saturated carbocycles. The molecule has 0 atom stereocenters. The standard InChI is InChI=1S/C14H14ClN3O3/c1-8-10(7-16-18(8)2)13(19)17-12-6-9(14(20)21-3)4-5-11(12)15/h4-7H,1-3H3,(H,17,19).